The molecule has 1 aliphatic rings. The molecule has 3 heteroatoms. The Morgan fingerprint density at radius 2 is 2.00 bits per heavy atom. The van der Waals surface area contributed by atoms with Crippen LogP contribution in [-0.2, 0) is 6.42 Å². The predicted octanol–water partition coefficient (Wildman–Crippen LogP) is 2.00. The van der Waals surface area contributed by atoms with Gasteiger partial charge in [0.25, 0.3) is 0 Å². The predicted molar refractivity (Wildman–Crippen MR) is 46.2 cm³/mol. The molecule has 0 spiro atoms. The molecular weight excluding hydrogens is 172 g/mol. The van der Waals surface area contributed by atoms with Crippen LogP contribution in [0.1, 0.15) is 18.4 Å². The molecule has 0 saturated heterocycles. The van der Waals surface area contributed by atoms with E-state index in [9.17, 15) is 8.78 Å². The molecular formula is C10H11F2N. The summed E-state index contributed by atoms with van der Waals surface area (Å²) in [7, 11) is 0. The van der Waals surface area contributed by atoms with Gasteiger partial charge in [0.05, 0.1) is 0 Å². The van der Waals surface area contributed by atoms with Crippen molar-refractivity contribution >= 4 is 0 Å². The van der Waals surface area contributed by atoms with Gasteiger partial charge in [0.15, 0.2) is 11.6 Å². The topological polar surface area (TPSA) is 26.0 Å². The lowest BCUT2D eigenvalue weighted by Crippen LogP contribution is -2.25. The quantitative estimate of drug-likeness (QED) is 0.745. The lowest BCUT2D eigenvalue weighted by Gasteiger charge is -2.09. The van der Waals surface area contributed by atoms with Gasteiger partial charge in [0, 0.05) is 5.54 Å². The highest BCUT2D eigenvalue weighted by Crippen LogP contribution is 2.36. The van der Waals surface area contributed by atoms with Gasteiger partial charge >= 0.3 is 0 Å². The lowest BCUT2D eigenvalue weighted by atomic mass is 10.0. The Morgan fingerprint density at radius 1 is 1.31 bits per heavy atom. The van der Waals surface area contributed by atoms with E-state index in [1.807, 2.05) is 0 Å². The van der Waals surface area contributed by atoms with Crippen molar-refractivity contribution in [3.8, 4) is 0 Å². The average Bonchev–Trinajstić information content (AvgIpc) is 2.78. The maximum Gasteiger partial charge on any atom is 0.162 e. The Kier molecular flexibility index (Phi) is 1.84. The Labute approximate surface area is 75.6 Å². The fraction of sp³-hybridized carbons (Fsp3) is 0.400. The first kappa shape index (κ1) is 8.63. The summed E-state index contributed by atoms with van der Waals surface area (Å²) in [4.78, 5) is 0. The van der Waals surface area contributed by atoms with Gasteiger partial charge in [0.1, 0.15) is 0 Å². The van der Waals surface area contributed by atoms with Gasteiger partial charge in [-0.25, -0.2) is 8.78 Å². The molecule has 0 aliphatic heterocycles. The van der Waals surface area contributed by atoms with Crippen LogP contribution in [0.25, 0.3) is 0 Å². The molecule has 2 N–H and O–H groups in total. The number of rotatable bonds is 2. The van der Waals surface area contributed by atoms with Gasteiger partial charge in [-0.15, -0.1) is 0 Å². The van der Waals surface area contributed by atoms with Gasteiger partial charge in [-0.3, -0.25) is 0 Å². The average molecular weight is 183 g/mol. The molecule has 0 atom stereocenters. The molecule has 0 heterocycles. The molecule has 0 aromatic heterocycles. The van der Waals surface area contributed by atoms with Crippen molar-refractivity contribution in [1.29, 1.82) is 0 Å². The molecule has 13 heavy (non-hydrogen) atoms. The van der Waals surface area contributed by atoms with Crippen LogP contribution in [-0.4, -0.2) is 5.54 Å². The zero-order valence-electron chi connectivity index (χ0n) is 7.19. The van der Waals surface area contributed by atoms with Crippen molar-refractivity contribution in [3.63, 3.8) is 0 Å². The van der Waals surface area contributed by atoms with Gasteiger partial charge in [0.2, 0.25) is 0 Å². The van der Waals surface area contributed by atoms with Crippen molar-refractivity contribution in [3.05, 3.63) is 35.4 Å². The Bertz CT molecular complexity index is 332. The van der Waals surface area contributed by atoms with E-state index in [1.54, 1.807) is 6.07 Å². The zero-order chi connectivity index (χ0) is 9.47. The van der Waals surface area contributed by atoms with Gasteiger partial charge in [-0.05, 0) is 30.9 Å². The van der Waals surface area contributed by atoms with E-state index in [1.165, 1.54) is 6.07 Å². The second-order valence-corrected chi connectivity index (χ2v) is 3.75. The minimum absolute atomic E-state index is 0.269. The van der Waals surface area contributed by atoms with E-state index in [-0.39, 0.29) is 5.54 Å². The van der Waals surface area contributed by atoms with Gasteiger partial charge in [-0.1, -0.05) is 12.1 Å². The monoisotopic (exact) mass is 183 g/mol. The Hall–Kier alpha value is -0.960. The van der Waals surface area contributed by atoms with Crippen LogP contribution >= 0.6 is 0 Å². The fourth-order valence-corrected chi connectivity index (χ4v) is 1.40. The van der Waals surface area contributed by atoms with E-state index < -0.39 is 11.6 Å². The SMILES string of the molecule is NC1(Cc2cccc(F)c2F)CC1. The van der Waals surface area contributed by atoms with Crippen LogP contribution < -0.4 is 5.73 Å². The van der Waals surface area contributed by atoms with Crippen molar-refractivity contribution < 1.29 is 8.78 Å². The normalized spacial score (nSPS) is 18.7. The summed E-state index contributed by atoms with van der Waals surface area (Å²) in [6.45, 7) is 0. The Morgan fingerprint density at radius 3 is 2.62 bits per heavy atom. The second-order valence-electron chi connectivity index (χ2n) is 3.75. The lowest BCUT2D eigenvalue weighted by molar-refractivity contribution is 0.491. The van der Waals surface area contributed by atoms with Crippen LogP contribution in [0.2, 0.25) is 0 Å². The number of hydrogen-bond acceptors (Lipinski definition) is 1. The first-order valence-electron chi connectivity index (χ1n) is 4.32. The van der Waals surface area contributed by atoms with Crippen LogP contribution in [0.4, 0.5) is 8.78 Å². The van der Waals surface area contributed by atoms with Crippen LogP contribution in [0.15, 0.2) is 18.2 Å². The van der Waals surface area contributed by atoms with E-state index in [4.69, 9.17) is 5.73 Å². The first-order chi connectivity index (χ1) is 6.11. The first-order valence-corrected chi connectivity index (χ1v) is 4.32. The summed E-state index contributed by atoms with van der Waals surface area (Å²) in [6.07, 6.45) is 2.25. The second kappa shape index (κ2) is 2.77. The van der Waals surface area contributed by atoms with Crippen LogP contribution in [0.5, 0.6) is 0 Å². The third-order valence-corrected chi connectivity index (χ3v) is 2.47. The van der Waals surface area contributed by atoms with E-state index in [2.05, 4.69) is 0 Å². The summed E-state index contributed by atoms with van der Waals surface area (Å²) in [5, 5.41) is 0. The molecule has 1 fully saturated rings. The zero-order valence-corrected chi connectivity index (χ0v) is 7.19. The minimum atomic E-state index is -0.790. The summed E-state index contributed by atoms with van der Waals surface area (Å²) in [5.41, 5.74) is 5.93. The number of halogens is 2. The van der Waals surface area contributed by atoms with Gasteiger partial charge < -0.3 is 5.73 Å². The summed E-state index contributed by atoms with van der Waals surface area (Å²) < 4.78 is 25.9. The number of hydrogen-bond donors (Lipinski definition) is 1. The molecule has 0 bridgehead atoms. The van der Waals surface area contributed by atoms with E-state index in [0.717, 1.165) is 18.9 Å². The third kappa shape index (κ3) is 1.70. The standard InChI is InChI=1S/C10H11F2N/c11-8-3-1-2-7(9(8)12)6-10(13)4-5-10/h1-3H,4-6,13H2. The molecule has 1 aliphatic carbocycles. The number of nitrogens with two attached hydrogens (primary N) is 1. The minimum Gasteiger partial charge on any atom is -0.325 e. The molecule has 2 rings (SSSR count). The maximum atomic E-state index is 13.1. The van der Waals surface area contributed by atoms with Crippen molar-refractivity contribution in [2.45, 2.75) is 24.8 Å². The third-order valence-electron chi connectivity index (χ3n) is 2.47. The maximum absolute atomic E-state index is 13.1. The van der Waals surface area contributed by atoms with Crippen molar-refractivity contribution in [2.24, 2.45) is 5.73 Å². The van der Waals surface area contributed by atoms with Crippen molar-refractivity contribution in [1.82, 2.24) is 0 Å². The molecule has 1 aromatic carbocycles. The van der Waals surface area contributed by atoms with Crippen molar-refractivity contribution in [2.75, 3.05) is 0 Å². The smallest absolute Gasteiger partial charge is 0.162 e. The summed E-state index contributed by atoms with van der Waals surface area (Å²) in [5.74, 6) is -1.54. The summed E-state index contributed by atoms with van der Waals surface area (Å²) in [6, 6.07) is 4.22. The summed E-state index contributed by atoms with van der Waals surface area (Å²) >= 11 is 0. The molecule has 1 saturated carbocycles. The molecule has 0 amide bonds. The highest BCUT2D eigenvalue weighted by Gasteiger charge is 2.38. The van der Waals surface area contributed by atoms with E-state index >= 15 is 0 Å². The molecule has 1 nitrogen and oxygen atoms in total. The van der Waals surface area contributed by atoms with Crippen LogP contribution in [0.3, 0.4) is 0 Å². The number of benzene rings is 1. The highest BCUT2D eigenvalue weighted by molar-refractivity contribution is 5.23. The largest absolute Gasteiger partial charge is 0.325 e. The molecule has 0 unspecified atom stereocenters. The fourth-order valence-electron chi connectivity index (χ4n) is 1.40. The Balaban J connectivity index is 2.25. The molecule has 0 radical (unpaired) electrons. The van der Waals surface area contributed by atoms with E-state index in [0.29, 0.717) is 12.0 Å². The van der Waals surface area contributed by atoms with Crippen LogP contribution in [0, 0.1) is 11.6 Å². The molecule has 70 valence electrons. The highest BCUT2D eigenvalue weighted by atomic mass is 19.2. The molecule has 1 aromatic rings. The van der Waals surface area contributed by atoms with Gasteiger partial charge in [-0.2, -0.15) is 0 Å².